The van der Waals surface area contributed by atoms with Crippen LogP contribution in [-0.4, -0.2) is 17.9 Å². The van der Waals surface area contributed by atoms with Crippen LogP contribution in [0.5, 0.6) is 0 Å². The van der Waals surface area contributed by atoms with Gasteiger partial charge in [-0.15, -0.1) is 0 Å². The summed E-state index contributed by atoms with van der Waals surface area (Å²) in [6.07, 6.45) is 20.5. The van der Waals surface area contributed by atoms with Crippen molar-refractivity contribution in [2.24, 2.45) is 4.99 Å². The molecule has 4 rings (SSSR count). The van der Waals surface area contributed by atoms with Crippen LogP contribution in [0, 0.1) is 6.92 Å². The van der Waals surface area contributed by atoms with Crippen LogP contribution in [0.1, 0.15) is 12.0 Å². The molecular formula is C21H20N2. The summed E-state index contributed by atoms with van der Waals surface area (Å²) >= 11 is 0. The summed E-state index contributed by atoms with van der Waals surface area (Å²) in [5, 5.41) is 0. The summed E-state index contributed by atoms with van der Waals surface area (Å²) in [6.45, 7) is 2.12. The number of allylic oxidation sites excluding steroid dienone is 6. The van der Waals surface area contributed by atoms with Gasteiger partial charge >= 0.3 is 0 Å². The molecular weight excluding hydrogens is 280 g/mol. The zero-order valence-electron chi connectivity index (χ0n) is 13.3. The molecule has 1 aliphatic heterocycles. The summed E-state index contributed by atoms with van der Waals surface area (Å²) in [5.41, 5.74) is 4.87. The van der Waals surface area contributed by atoms with Crippen LogP contribution >= 0.6 is 0 Å². The SMILES string of the molecule is Cc1ccc(N2C3C=CC=CC3=NC2C2=CC=CCC=C2)cc1. The maximum absolute atomic E-state index is 5.01. The predicted octanol–water partition coefficient (Wildman–Crippen LogP) is 4.52. The van der Waals surface area contributed by atoms with Crippen LogP contribution in [-0.2, 0) is 0 Å². The van der Waals surface area contributed by atoms with E-state index in [4.69, 9.17) is 4.99 Å². The summed E-state index contributed by atoms with van der Waals surface area (Å²) in [7, 11) is 0. The van der Waals surface area contributed by atoms with Gasteiger partial charge in [0.05, 0.1) is 11.8 Å². The molecule has 0 N–H and O–H groups in total. The number of benzene rings is 1. The Labute approximate surface area is 137 Å². The minimum Gasteiger partial charge on any atom is -0.334 e. The topological polar surface area (TPSA) is 15.6 Å². The van der Waals surface area contributed by atoms with E-state index < -0.39 is 0 Å². The summed E-state index contributed by atoms with van der Waals surface area (Å²) in [6, 6.07) is 8.95. The van der Waals surface area contributed by atoms with Crippen molar-refractivity contribution in [1.29, 1.82) is 0 Å². The van der Waals surface area contributed by atoms with Crippen molar-refractivity contribution in [3.05, 3.63) is 90.1 Å². The van der Waals surface area contributed by atoms with Gasteiger partial charge in [-0.2, -0.15) is 0 Å². The lowest BCUT2D eigenvalue weighted by molar-refractivity contribution is 0.745. The van der Waals surface area contributed by atoms with Gasteiger partial charge in [-0.1, -0.05) is 66.3 Å². The smallest absolute Gasteiger partial charge is 0.148 e. The molecule has 0 saturated heterocycles. The molecule has 0 bridgehead atoms. The van der Waals surface area contributed by atoms with E-state index in [1.807, 2.05) is 0 Å². The van der Waals surface area contributed by atoms with Crippen molar-refractivity contribution in [2.75, 3.05) is 4.90 Å². The van der Waals surface area contributed by atoms with Gasteiger partial charge in [-0.05, 0) is 37.1 Å². The molecule has 1 aromatic carbocycles. The third-order valence-corrected chi connectivity index (χ3v) is 4.45. The average Bonchev–Trinajstić information content (AvgIpc) is 2.76. The fraction of sp³-hybridized carbons (Fsp3) is 0.190. The number of hydrogen-bond acceptors (Lipinski definition) is 2. The molecule has 2 heteroatoms. The lowest BCUT2D eigenvalue weighted by atomic mass is 10.0. The largest absolute Gasteiger partial charge is 0.334 e. The molecule has 23 heavy (non-hydrogen) atoms. The van der Waals surface area contributed by atoms with Gasteiger partial charge in [0.15, 0.2) is 0 Å². The molecule has 1 heterocycles. The van der Waals surface area contributed by atoms with Crippen molar-refractivity contribution < 1.29 is 0 Å². The van der Waals surface area contributed by atoms with Gasteiger partial charge in [0.1, 0.15) is 6.17 Å². The molecule has 3 aliphatic rings. The Hall–Kier alpha value is -2.61. The normalized spacial score (nSPS) is 25.2. The maximum atomic E-state index is 5.01. The minimum absolute atomic E-state index is 0.0316. The molecule has 0 aromatic heterocycles. The van der Waals surface area contributed by atoms with E-state index in [0.29, 0.717) is 0 Å². The highest BCUT2D eigenvalue weighted by atomic mass is 15.3. The molecule has 0 spiro atoms. The molecule has 114 valence electrons. The Morgan fingerprint density at radius 3 is 2.74 bits per heavy atom. The Bertz CT molecular complexity index is 773. The van der Waals surface area contributed by atoms with E-state index in [-0.39, 0.29) is 12.2 Å². The number of aliphatic imine (C=N–C) groups is 1. The fourth-order valence-electron chi connectivity index (χ4n) is 3.25. The van der Waals surface area contributed by atoms with Crippen molar-refractivity contribution in [1.82, 2.24) is 0 Å². The molecule has 2 nitrogen and oxygen atoms in total. The molecule has 0 amide bonds. The summed E-state index contributed by atoms with van der Waals surface area (Å²) in [5.74, 6) is 0. The molecule has 1 aromatic rings. The second-order valence-corrected chi connectivity index (χ2v) is 6.09. The Balaban J connectivity index is 1.78. The van der Waals surface area contributed by atoms with E-state index in [0.717, 1.165) is 12.1 Å². The number of nitrogens with zero attached hydrogens (tertiary/aromatic N) is 2. The van der Waals surface area contributed by atoms with Gasteiger partial charge in [0.25, 0.3) is 0 Å². The van der Waals surface area contributed by atoms with E-state index in [9.17, 15) is 0 Å². The monoisotopic (exact) mass is 300 g/mol. The average molecular weight is 300 g/mol. The van der Waals surface area contributed by atoms with Crippen LogP contribution in [0.25, 0.3) is 0 Å². The maximum Gasteiger partial charge on any atom is 0.148 e. The predicted molar refractivity (Wildman–Crippen MR) is 97.9 cm³/mol. The minimum atomic E-state index is 0.0316. The number of hydrogen-bond donors (Lipinski definition) is 0. The lowest BCUT2D eigenvalue weighted by Crippen LogP contribution is -2.40. The molecule has 0 radical (unpaired) electrons. The van der Waals surface area contributed by atoms with Crippen molar-refractivity contribution in [2.45, 2.75) is 25.6 Å². The van der Waals surface area contributed by atoms with Crippen LogP contribution in [0.4, 0.5) is 5.69 Å². The number of aryl methyl sites for hydroxylation is 1. The number of rotatable bonds is 2. The van der Waals surface area contributed by atoms with Crippen LogP contribution < -0.4 is 4.90 Å². The zero-order chi connectivity index (χ0) is 15.6. The first-order chi connectivity index (χ1) is 11.3. The second-order valence-electron chi connectivity index (χ2n) is 6.09. The quantitative estimate of drug-likeness (QED) is 0.784. The Kier molecular flexibility index (Phi) is 3.58. The van der Waals surface area contributed by atoms with Crippen LogP contribution in [0.2, 0.25) is 0 Å². The van der Waals surface area contributed by atoms with Gasteiger partial charge in [-0.25, -0.2) is 0 Å². The highest BCUT2D eigenvalue weighted by Crippen LogP contribution is 2.33. The molecule has 2 atom stereocenters. The lowest BCUT2D eigenvalue weighted by Gasteiger charge is -2.31. The van der Waals surface area contributed by atoms with E-state index in [2.05, 4.69) is 90.8 Å². The first-order valence-electron chi connectivity index (χ1n) is 8.14. The standard InChI is InChI=1S/C21H20N2/c1-16-12-14-18(15-13-16)23-20-11-7-6-10-19(20)22-21(23)17-8-4-2-3-5-9-17/h2,4-15,20-21H,3H2,1H3. The van der Waals surface area contributed by atoms with Gasteiger partial charge in [0, 0.05) is 5.69 Å². The first kappa shape index (κ1) is 14.0. The summed E-state index contributed by atoms with van der Waals surface area (Å²) < 4.78 is 0. The van der Waals surface area contributed by atoms with E-state index >= 15 is 0 Å². The first-order valence-corrected chi connectivity index (χ1v) is 8.14. The van der Waals surface area contributed by atoms with Crippen LogP contribution in [0.3, 0.4) is 0 Å². The third kappa shape index (κ3) is 2.61. The molecule has 0 fully saturated rings. The third-order valence-electron chi connectivity index (χ3n) is 4.45. The number of fused-ring (bicyclic) bond motifs is 1. The van der Waals surface area contributed by atoms with Gasteiger partial charge < -0.3 is 4.90 Å². The number of anilines is 1. The summed E-state index contributed by atoms with van der Waals surface area (Å²) in [4.78, 5) is 7.41. The molecule has 0 saturated carbocycles. The zero-order valence-corrected chi connectivity index (χ0v) is 13.3. The fourth-order valence-corrected chi connectivity index (χ4v) is 3.25. The highest BCUT2D eigenvalue weighted by Gasteiger charge is 2.35. The van der Waals surface area contributed by atoms with Crippen molar-refractivity contribution >= 4 is 11.4 Å². The van der Waals surface area contributed by atoms with Gasteiger partial charge in [-0.3, -0.25) is 4.99 Å². The Morgan fingerprint density at radius 2 is 1.87 bits per heavy atom. The molecule has 2 unspecified atom stereocenters. The van der Waals surface area contributed by atoms with Gasteiger partial charge in [0.2, 0.25) is 0 Å². The van der Waals surface area contributed by atoms with Crippen LogP contribution in [0.15, 0.2) is 89.5 Å². The molecule has 2 aliphatic carbocycles. The highest BCUT2D eigenvalue weighted by molar-refractivity contribution is 6.06. The Morgan fingerprint density at radius 1 is 1.00 bits per heavy atom. The van der Waals surface area contributed by atoms with Crippen molar-refractivity contribution in [3.63, 3.8) is 0 Å². The van der Waals surface area contributed by atoms with E-state index in [1.165, 1.54) is 16.8 Å². The van der Waals surface area contributed by atoms with E-state index in [1.54, 1.807) is 0 Å². The van der Waals surface area contributed by atoms with Crippen molar-refractivity contribution in [3.8, 4) is 0 Å². The second kappa shape index (κ2) is 5.88.